The molecule has 134 valence electrons. The van der Waals surface area contributed by atoms with E-state index in [0.717, 1.165) is 31.4 Å². The van der Waals surface area contributed by atoms with Gasteiger partial charge in [0.2, 0.25) is 0 Å². The maximum atomic E-state index is 12.7. The number of hydrogen-bond donors (Lipinski definition) is 2. The lowest BCUT2D eigenvalue weighted by molar-refractivity contribution is -0.156. The van der Waals surface area contributed by atoms with Gasteiger partial charge in [0.15, 0.2) is 5.60 Å². The van der Waals surface area contributed by atoms with Gasteiger partial charge in [0.1, 0.15) is 0 Å². The van der Waals surface area contributed by atoms with Gasteiger partial charge in [0.25, 0.3) is 5.91 Å². The molecule has 1 aromatic carbocycles. The number of rotatable bonds is 8. The Morgan fingerprint density at radius 2 is 2.04 bits per heavy atom. The van der Waals surface area contributed by atoms with Crippen LogP contribution in [-0.2, 0) is 17.8 Å². The van der Waals surface area contributed by atoms with E-state index in [1.807, 2.05) is 29.2 Å². The molecule has 1 unspecified atom stereocenters. The van der Waals surface area contributed by atoms with Crippen molar-refractivity contribution >= 4 is 5.91 Å². The van der Waals surface area contributed by atoms with Gasteiger partial charge in [-0.05, 0) is 37.3 Å². The summed E-state index contributed by atoms with van der Waals surface area (Å²) in [5, 5.41) is 14.0. The fourth-order valence-electron chi connectivity index (χ4n) is 3.37. The van der Waals surface area contributed by atoms with Crippen molar-refractivity contribution in [1.29, 1.82) is 0 Å². The number of aryl methyl sites for hydroxylation is 1. The van der Waals surface area contributed by atoms with Crippen molar-refractivity contribution in [3.8, 4) is 0 Å². The molecule has 0 saturated carbocycles. The average Bonchev–Trinajstić information content (AvgIpc) is 3.13. The Hall–Kier alpha value is -2.11. The van der Waals surface area contributed by atoms with E-state index >= 15 is 0 Å². The molecule has 1 amide bonds. The number of amides is 1. The molecule has 0 bridgehead atoms. The highest BCUT2D eigenvalue weighted by atomic mass is 16.3. The lowest BCUT2D eigenvalue weighted by atomic mass is 9.91. The van der Waals surface area contributed by atoms with Gasteiger partial charge in [-0.25, -0.2) is 0 Å². The summed E-state index contributed by atoms with van der Waals surface area (Å²) in [5.41, 5.74) is 0.991. The lowest BCUT2D eigenvalue weighted by Gasteiger charge is -2.38. The van der Waals surface area contributed by atoms with E-state index < -0.39 is 5.60 Å². The van der Waals surface area contributed by atoms with E-state index in [0.29, 0.717) is 19.5 Å². The van der Waals surface area contributed by atoms with Crippen LogP contribution in [0, 0.1) is 0 Å². The van der Waals surface area contributed by atoms with Gasteiger partial charge in [0.05, 0.1) is 12.5 Å². The van der Waals surface area contributed by atoms with Crippen molar-refractivity contribution < 1.29 is 14.3 Å². The molecule has 1 saturated heterocycles. The number of carbonyl (C=O) groups excluding carboxylic acids is 1. The number of likely N-dealkylation sites (tertiary alicyclic amines) is 1. The van der Waals surface area contributed by atoms with E-state index in [1.165, 1.54) is 5.56 Å². The summed E-state index contributed by atoms with van der Waals surface area (Å²) in [5.74, 6) is -0.147. The van der Waals surface area contributed by atoms with Gasteiger partial charge in [-0.3, -0.25) is 4.79 Å². The largest absolute Gasteiger partial charge is 0.472 e. The number of piperidine rings is 1. The average molecular weight is 342 g/mol. The van der Waals surface area contributed by atoms with Crippen LogP contribution in [0.4, 0.5) is 0 Å². The molecule has 3 rings (SSSR count). The van der Waals surface area contributed by atoms with Crippen LogP contribution in [0.25, 0.3) is 0 Å². The highest BCUT2D eigenvalue weighted by Crippen LogP contribution is 2.23. The Morgan fingerprint density at radius 1 is 1.20 bits per heavy atom. The Balaban J connectivity index is 1.47. The first-order chi connectivity index (χ1) is 12.2. The smallest absolute Gasteiger partial charge is 0.255 e. The van der Waals surface area contributed by atoms with Crippen molar-refractivity contribution in [3.05, 3.63) is 60.1 Å². The highest BCUT2D eigenvalue weighted by Gasteiger charge is 2.41. The molecule has 1 atom stereocenters. The van der Waals surface area contributed by atoms with Crippen LogP contribution in [-0.4, -0.2) is 41.1 Å². The molecule has 0 aliphatic carbocycles. The summed E-state index contributed by atoms with van der Waals surface area (Å²) in [6.45, 7) is 2.28. The van der Waals surface area contributed by atoms with Crippen LogP contribution in [0.3, 0.4) is 0 Å². The van der Waals surface area contributed by atoms with Gasteiger partial charge >= 0.3 is 0 Å². The quantitative estimate of drug-likeness (QED) is 0.773. The second kappa shape index (κ2) is 8.32. The van der Waals surface area contributed by atoms with Crippen molar-refractivity contribution in [2.24, 2.45) is 0 Å². The second-order valence-electron chi connectivity index (χ2n) is 6.75. The second-order valence-corrected chi connectivity index (χ2v) is 6.75. The fourth-order valence-corrected chi connectivity index (χ4v) is 3.37. The van der Waals surface area contributed by atoms with Gasteiger partial charge in [-0.2, -0.15) is 0 Å². The molecular formula is C20H26N2O3. The maximum Gasteiger partial charge on any atom is 0.255 e. The van der Waals surface area contributed by atoms with Crippen LogP contribution in [0.15, 0.2) is 53.3 Å². The monoisotopic (exact) mass is 342 g/mol. The molecule has 1 fully saturated rings. The standard InChI is InChI=1S/C20H26N2O3/c23-19-20(24,16-21-14-18-9-13-25-15-18)10-5-12-22(19)11-4-8-17-6-2-1-3-7-17/h1-3,6-7,9,13,15,21,24H,4-5,8,10-12,14,16H2. The third-order valence-corrected chi connectivity index (χ3v) is 4.77. The minimum absolute atomic E-state index is 0.147. The predicted octanol–water partition coefficient (Wildman–Crippen LogP) is 2.36. The predicted molar refractivity (Wildman–Crippen MR) is 95.9 cm³/mol. The van der Waals surface area contributed by atoms with E-state index in [4.69, 9.17) is 4.42 Å². The van der Waals surface area contributed by atoms with Gasteiger partial charge in [-0.15, -0.1) is 0 Å². The van der Waals surface area contributed by atoms with Gasteiger partial charge < -0.3 is 19.7 Å². The van der Waals surface area contributed by atoms with Crippen molar-refractivity contribution in [2.75, 3.05) is 19.6 Å². The summed E-state index contributed by atoms with van der Waals surface area (Å²) in [6.07, 6.45) is 6.48. The van der Waals surface area contributed by atoms with E-state index in [1.54, 1.807) is 12.5 Å². The first-order valence-electron chi connectivity index (χ1n) is 8.95. The Bertz CT molecular complexity index is 657. The zero-order valence-corrected chi connectivity index (χ0v) is 14.5. The molecule has 0 radical (unpaired) electrons. The molecule has 2 aromatic rings. The SMILES string of the molecule is O=C1N(CCCc2ccccc2)CCCC1(O)CNCc1ccoc1. The zero-order valence-electron chi connectivity index (χ0n) is 14.5. The molecule has 1 aromatic heterocycles. The molecule has 1 aliphatic rings. The first kappa shape index (κ1) is 17.7. The number of nitrogens with zero attached hydrogens (tertiary/aromatic N) is 1. The van der Waals surface area contributed by atoms with Crippen molar-refractivity contribution in [1.82, 2.24) is 10.2 Å². The number of furan rings is 1. The molecule has 5 heteroatoms. The summed E-state index contributed by atoms with van der Waals surface area (Å²) >= 11 is 0. The van der Waals surface area contributed by atoms with Crippen molar-refractivity contribution in [2.45, 2.75) is 37.8 Å². The number of aliphatic hydroxyl groups is 1. The highest BCUT2D eigenvalue weighted by molar-refractivity contribution is 5.86. The minimum atomic E-state index is -1.30. The van der Waals surface area contributed by atoms with Crippen LogP contribution >= 0.6 is 0 Å². The topological polar surface area (TPSA) is 65.7 Å². The van der Waals surface area contributed by atoms with Crippen LogP contribution in [0.2, 0.25) is 0 Å². The zero-order chi connectivity index (χ0) is 17.5. The Kier molecular flexibility index (Phi) is 5.89. The molecule has 1 aliphatic heterocycles. The first-order valence-corrected chi connectivity index (χ1v) is 8.95. The number of carbonyl (C=O) groups is 1. The lowest BCUT2D eigenvalue weighted by Crippen LogP contribution is -2.58. The molecule has 25 heavy (non-hydrogen) atoms. The van der Waals surface area contributed by atoms with E-state index in [-0.39, 0.29) is 12.5 Å². The van der Waals surface area contributed by atoms with E-state index in [2.05, 4.69) is 17.4 Å². The number of benzene rings is 1. The third-order valence-electron chi connectivity index (χ3n) is 4.77. The van der Waals surface area contributed by atoms with E-state index in [9.17, 15) is 9.90 Å². The van der Waals surface area contributed by atoms with Gasteiger partial charge in [-0.1, -0.05) is 30.3 Å². The molecular weight excluding hydrogens is 316 g/mol. The molecule has 2 heterocycles. The van der Waals surface area contributed by atoms with Gasteiger partial charge in [0, 0.05) is 31.7 Å². The maximum absolute atomic E-state index is 12.7. The Labute approximate surface area is 148 Å². The van der Waals surface area contributed by atoms with Crippen molar-refractivity contribution in [3.63, 3.8) is 0 Å². The molecule has 5 nitrogen and oxygen atoms in total. The Morgan fingerprint density at radius 3 is 2.80 bits per heavy atom. The number of nitrogens with one attached hydrogen (secondary N) is 1. The summed E-state index contributed by atoms with van der Waals surface area (Å²) < 4.78 is 5.02. The third kappa shape index (κ3) is 4.71. The number of hydrogen-bond acceptors (Lipinski definition) is 4. The van der Waals surface area contributed by atoms with Crippen LogP contribution < -0.4 is 5.32 Å². The molecule has 2 N–H and O–H groups in total. The van der Waals surface area contributed by atoms with Crippen LogP contribution in [0.5, 0.6) is 0 Å². The normalized spacial score (nSPS) is 20.8. The van der Waals surface area contributed by atoms with Crippen LogP contribution in [0.1, 0.15) is 30.4 Å². The molecule has 0 spiro atoms. The summed E-state index contributed by atoms with van der Waals surface area (Å²) in [7, 11) is 0. The summed E-state index contributed by atoms with van der Waals surface area (Å²) in [4.78, 5) is 14.5. The summed E-state index contributed by atoms with van der Waals surface area (Å²) in [6, 6.07) is 12.2. The fraction of sp³-hybridized carbons (Fsp3) is 0.450. The minimum Gasteiger partial charge on any atom is -0.472 e.